The van der Waals surface area contributed by atoms with Crippen LogP contribution in [0.1, 0.15) is 206 Å². The Morgan fingerprint density at radius 3 is 1.34 bits per heavy atom. The Hall–Kier alpha value is -2.75. The van der Waals surface area contributed by atoms with Crippen molar-refractivity contribution in [3.8, 4) is 0 Å². The fourth-order valence-corrected chi connectivity index (χ4v) is 6.66. The van der Waals surface area contributed by atoms with E-state index in [0.717, 1.165) is 77.0 Å². The van der Waals surface area contributed by atoms with Gasteiger partial charge in [-0.3, -0.25) is 9.59 Å². The smallest absolute Gasteiger partial charge is 0.361 e. The number of hydrogen-bond acceptors (Lipinski definition) is 7. The molecule has 0 aliphatic heterocycles. The number of aliphatic carboxylic acids is 1. The molecule has 0 saturated heterocycles. The quantitative estimate of drug-likeness (QED) is 0.0212. The van der Waals surface area contributed by atoms with Crippen LogP contribution in [0.15, 0.2) is 48.6 Å². The number of rotatable bonds is 45. The van der Waals surface area contributed by atoms with Crippen molar-refractivity contribution in [2.75, 3.05) is 47.5 Å². The largest absolute Gasteiger partial charge is 0.477 e. The molecule has 0 aliphatic rings. The molecule has 0 bridgehead atoms. The monoisotopic (exact) mass is 861 g/mol. The van der Waals surface area contributed by atoms with E-state index in [2.05, 4.69) is 62.5 Å². The number of hydrogen-bond donors (Lipinski definition) is 1. The molecule has 0 saturated carbocycles. The van der Waals surface area contributed by atoms with E-state index < -0.39 is 24.3 Å². The highest BCUT2D eigenvalue weighted by molar-refractivity contribution is 5.71. The van der Waals surface area contributed by atoms with E-state index in [-0.39, 0.29) is 38.6 Å². The highest BCUT2D eigenvalue weighted by atomic mass is 16.7. The van der Waals surface area contributed by atoms with Crippen LogP contribution in [0.25, 0.3) is 0 Å². The van der Waals surface area contributed by atoms with Crippen LogP contribution < -0.4 is 0 Å². The van der Waals surface area contributed by atoms with Gasteiger partial charge in [0.05, 0.1) is 34.4 Å². The molecule has 1 N–H and O–H groups in total. The molecule has 9 nitrogen and oxygen atoms in total. The zero-order valence-corrected chi connectivity index (χ0v) is 40.1. The lowest BCUT2D eigenvalue weighted by Crippen LogP contribution is -2.40. The minimum absolute atomic E-state index is 0.184. The van der Waals surface area contributed by atoms with E-state index in [1.165, 1.54) is 96.3 Å². The summed E-state index contributed by atoms with van der Waals surface area (Å²) in [6.45, 7) is 4.83. The van der Waals surface area contributed by atoms with E-state index in [9.17, 15) is 19.5 Å². The molecule has 0 aromatic rings. The van der Waals surface area contributed by atoms with E-state index in [4.69, 9.17) is 18.9 Å². The maximum absolute atomic E-state index is 12.8. The molecular weight excluding hydrogens is 767 g/mol. The van der Waals surface area contributed by atoms with Crippen molar-refractivity contribution in [2.24, 2.45) is 0 Å². The van der Waals surface area contributed by atoms with Crippen LogP contribution in [0.4, 0.5) is 0 Å². The van der Waals surface area contributed by atoms with E-state index in [1.807, 2.05) is 21.1 Å². The Bertz CT molecular complexity index is 1140. The van der Waals surface area contributed by atoms with Gasteiger partial charge >= 0.3 is 17.9 Å². The number of allylic oxidation sites excluding steroid dienone is 8. The normalized spacial score (nSPS) is 13.3. The molecule has 2 atom stereocenters. The minimum Gasteiger partial charge on any atom is -0.477 e. The summed E-state index contributed by atoms with van der Waals surface area (Å²) in [5.74, 6) is -2.03. The summed E-state index contributed by atoms with van der Waals surface area (Å²) in [5.41, 5.74) is 0. The van der Waals surface area contributed by atoms with Gasteiger partial charge in [0, 0.05) is 12.8 Å². The van der Waals surface area contributed by atoms with Crippen molar-refractivity contribution in [1.29, 1.82) is 0 Å². The zero-order chi connectivity index (χ0) is 44.9. The van der Waals surface area contributed by atoms with Gasteiger partial charge in [-0.2, -0.15) is 0 Å². The first-order chi connectivity index (χ1) is 29.6. The number of ether oxygens (including phenoxy) is 4. The summed E-state index contributed by atoms with van der Waals surface area (Å²) in [7, 11) is 5.95. The summed E-state index contributed by atoms with van der Waals surface area (Å²) in [4.78, 5) is 37.2. The first-order valence-electron chi connectivity index (χ1n) is 24.8. The Balaban J connectivity index is 4.36. The van der Waals surface area contributed by atoms with Gasteiger partial charge in [-0.1, -0.05) is 165 Å². The summed E-state index contributed by atoms with van der Waals surface area (Å²) in [6.07, 6.45) is 48.8. The van der Waals surface area contributed by atoms with Crippen LogP contribution in [0.5, 0.6) is 0 Å². The minimum atomic E-state index is -1.51. The molecule has 0 fully saturated rings. The molecule has 0 amide bonds. The number of carboxylic acid groups (broad SMARTS) is 1. The predicted octanol–water partition coefficient (Wildman–Crippen LogP) is 13.6. The standard InChI is InChI=1S/C52H93NO8/c1-6-8-10-12-14-16-18-20-21-22-23-24-25-26-27-28-29-31-33-35-37-39-41-43-50(55)61-48(47-60-52(51(56)57)58-45-44-53(3,4)5)46-59-49(54)42-40-38-36-34-32-30-19-17-15-13-11-9-7-2/h17-20,22-23,25-26,48,52H,6-16,21,24,27-47H2,1-5H3/p+1/b19-17-,20-18-,23-22-,26-25-. The Labute approximate surface area is 374 Å². The van der Waals surface area contributed by atoms with Crippen molar-refractivity contribution >= 4 is 17.9 Å². The summed E-state index contributed by atoms with van der Waals surface area (Å²) < 4.78 is 22.8. The number of carbonyl (C=O) groups is 3. The molecular formula is C52H94NO8+. The molecule has 354 valence electrons. The lowest BCUT2D eigenvalue weighted by Gasteiger charge is -2.25. The van der Waals surface area contributed by atoms with Gasteiger partial charge in [0.15, 0.2) is 6.10 Å². The van der Waals surface area contributed by atoms with Crippen molar-refractivity contribution < 1.29 is 42.9 Å². The third kappa shape index (κ3) is 45.1. The fraction of sp³-hybridized carbons (Fsp3) is 0.788. The first-order valence-corrected chi connectivity index (χ1v) is 24.8. The Morgan fingerprint density at radius 2 is 0.885 bits per heavy atom. The molecule has 0 aromatic heterocycles. The number of carboxylic acids is 1. The SMILES string of the molecule is CCCCCC/C=C\CCCCCCCC(=O)OCC(COC(OCC[N+](C)(C)C)C(=O)O)OC(=O)CCCCCCCCCC/C=C\C/C=C\C/C=C\CCCCCCC. The van der Waals surface area contributed by atoms with Crippen molar-refractivity contribution in [1.82, 2.24) is 0 Å². The van der Waals surface area contributed by atoms with Gasteiger partial charge in [0.25, 0.3) is 6.29 Å². The zero-order valence-electron chi connectivity index (χ0n) is 40.1. The first kappa shape index (κ1) is 58.2. The van der Waals surface area contributed by atoms with Crippen molar-refractivity contribution in [3.63, 3.8) is 0 Å². The van der Waals surface area contributed by atoms with Crippen LogP contribution in [0, 0.1) is 0 Å². The Morgan fingerprint density at radius 1 is 0.492 bits per heavy atom. The molecule has 0 radical (unpaired) electrons. The molecule has 0 aromatic carbocycles. The molecule has 0 aliphatic carbocycles. The topological polar surface area (TPSA) is 108 Å². The second-order valence-electron chi connectivity index (χ2n) is 17.8. The summed E-state index contributed by atoms with van der Waals surface area (Å²) in [6, 6.07) is 0. The van der Waals surface area contributed by atoms with Crippen LogP contribution in [0.2, 0.25) is 0 Å². The average molecular weight is 861 g/mol. The second kappa shape index (κ2) is 43.9. The lowest BCUT2D eigenvalue weighted by molar-refractivity contribution is -0.870. The molecule has 9 heteroatoms. The number of esters is 2. The van der Waals surface area contributed by atoms with Crippen LogP contribution >= 0.6 is 0 Å². The second-order valence-corrected chi connectivity index (χ2v) is 17.8. The summed E-state index contributed by atoms with van der Waals surface area (Å²) in [5, 5.41) is 9.65. The van der Waals surface area contributed by atoms with Crippen LogP contribution in [0.3, 0.4) is 0 Å². The Kier molecular flexibility index (Phi) is 41.9. The lowest BCUT2D eigenvalue weighted by atomic mass is 10.1. The van der Waals surface area contributed by atoms with Gasteiger partial charge < -0.3 is 28.5 Å². The predicted molar refractivity (Wildman–Crippen MR) is 253 cm³/mol. The van der Waals surface area contributed by atoms with Crippen molar-refractivity contribution in [3.05, 3.63) is 48.6 Å². The van der Waals surface area contributed by atoms with E-state index >= 15 is 0 Å². The molecule has 0 rings (SSSR count). The van der Waals surface area contributed by atoms with Gasteiger partial charge in [-0.15, -0.1) is 0 Å². The number of quaternary nitrogens is 1. The maximum Gasteiger partial charge on any atom is 0.361 e. The number of unbranched alkanes of at least 4 members (excludes halogenated alkanes) is 22. The van der Waals surface area contributed by atoms with Crippen molar-refractivity contribution in [2.45, 2.75) is 219 Å². The number of nitrogens with zero attached hydrogens (tertiary/aromatic N) is 1. The van der Waals surface area contributed by atoms with E-state index in [0.29, 0.717) is 17.4 Å². The maximum atomic E-state index is 12.8. The third-order valence-electron chi connectivity index (χ3n) is 10.6. The van der Waals surface area contributed by atoms with Gasteiger partial charge in [-0.25, -0.2) is 4.79 Å². The van der Waals surface area contributed by atoms with Gasteiger partial charge in [-0.05, 0) is 77.0 Å². The highest BCUT2D eigenvalue weighted by Crippen LogP contribution is 2.14. The third-order valence-corrected chi connectivity index (χ3v) is 10.6. The van der Waals surface area contributed by atoms with Crippen LogP contribution in [-0.4, -0.2) is 87.4 Å². The van der Waals surface area contributed by atoms with Crippen LogP contribution in [-0.2, 0) is 33.3 Å². The average Bonchev–Trinajstić information content (AvgIpc) is 3.22. The number of likely N-dealkylation sites (N-methyl/N-ethyl adjacent to an activating group) is 1. The molecule has 61 heavy (non-hydrogen) atoms. The molecule has 0 heterocycles. The fourth-order valence-electron chi connectivity index (χ4n) is 6.66. The number of carbonyl (C=O) groups excluding carboxylic acids is 2. The summed E-state index contributed by atoms with van der Waals surface area (Å²) >= 11 is 0. The van der Waals surface area contributed by atoms with Gasteiger partial charge in [0.1, 0.15) is 13.2 Å². The van der Waals surface area contributed by atoms with E-state index in [1.54, 1.807) is 0 Å². The highest BCUT2D eigenvalue weighted by Gasteiger charge is 2.25. The molecule has 2 unspecified atom stereocenters. The van der Waals surface area contributed by atoms with Gasteiger partial charge in [0.2, 0.25) is 0 Å². The molecule has 0 spiro atoms.